The van der Waals surface area contributed by atoms with Crippen LogP contribution >= 0.6 is 0 Å². The second-order valence-electron chi connectivity index (χ2n) is 20.2. The summed E-state index contributed by atoms with van der Waals surface area (Å²) in [6.07, 6.45) is 1.84. The van der Waals surface area contributed by atoms with Crippen LogP contribution in [0.3, 0.4) is 0 Å². The van der Waals surface area contributed by atoms with E-state index in [1.54, 1.807) is 0 Å². The molecule has 0 aliphatic carbocycles. The normalized spacial score (nSPS) is 12.6. The summed E-state index contributed by atoms with van der Waals surface area (Å²) in [6.45, 7) is 19.9. The van der Waals surface area contributed by atoms with Crippen LogP contribution in [0.1, 0.15) is 79.0 Å². The van der Waals surface area contributed by atoms with Crippen molar-refractivity contribution in [3.05, 3.63) is 168 Å². The number of aromatic hydroxyl groups is 1. The van der Waals surface area contributed by atoms with Crippen LogP contribution in [0.15, 0.2) is 156 Å². The van der Waals surface area contributed by atoms with Crippen LogP contribution in [0.5, 0.6) is 5.75 Å². The minimum atomic E-state index is -0.320. The molecule has 10 rings (SSSR count). The van der Waals surface area contributed by atoms with Crippen molar-refractivity contribution in [2.45, 2.75) is 78.6 Å². The molecule has 7 aromatic carbocycles. The summed E-state index contributed by atoms with van der Waals surface area (Å²) in [4.78, 5) is 10.5. The van der Waals surface area contributed by atoms with Gasteiger partial charge < -0.3 is 9.52 Å². The first-order valence-electron chi connectivity index (χ1n) is 21.9. The fraction of sp³-hybridized carbons (Fsp3) is 0.207. The quantitative estimate of drug-likeness (QED) is 0.188. The van der Waals surface area contributed by atoms with E-state index in [1.807, 2.05) is 6.20 Å². The van der Waals surface area contributed by atoms with E-state index >= 15 is 0 Å². The number of phenolic OH excluding ortho intramolecular Hbond substituents is 1. The first-order valence-corrected chi connectivity index (χ1v) is 21.9. The molecule has 0 radical (unpaired) electrons. The predicted molar refractivity (Wildman–Crippen MR) is 263 cm³/mol. The highest BCUT2D eigenvalue weighted by atomic mass is 16.3. The van der Waals surface area contributed by atoms with Gasteiger partial charge in [0, 0.05) is 33.0 Å². The molecule has 0 saturated carbocycles. The number of para-hydroxylation sites is 1. The lowest BCUT2D eigenvalue weighted by Gasteiger charge is -2.28. The summed E-state index contributed by atoms with van der Waals surface area (Å²) in [7, 11) is 0. The molecule has 3 heterocycles. The van der Waals surface area contributed by atoms with Crippen LogP contribution in [-0.4, -0.2) is 19.6 Å². The second-order valence-corrected chi connectivity index (χ2v) is 20.2. The molecule has 10 aromatic rings. The van der Waals surface area contributed by atoms with Gasteiger partial charge in [0.25, 0.3) is 0 Å². The Morgan fingerprint density at radius 2 is 1.16 bits per heavy atom. The van der Waals surface area contributed by atoms with Crippen LogP contribution in [-0.2, 0) is 16.2 Å². The van der Waals surface area contributed by atoms with Crippen molar-refractivity contribution in [3.8, 4) is 56.3 Å². The topological polar surface area (TPSA) is 64.1 Å². The minimum absolute atomic E-state index is 0.0700. The van der Waals surface area contributed by atoms with Crippen LogP contribution in [0.2, 0.25) is 0 Å². The van der Waals surface area contributed by atoms with E-state index in [2.05, 4.69) is 212 Å². The molecular weight excluding hydrogens is 771 g/mol. The lowest BCUT2D eigenvalue weighted by Crippen LogP contribution is -2.17. The van der Waals surface area contributed by atoms with Crippen molar-refractivity contribution in [1.29, 1.82) is 0 Å². The SMILES string of the molecule is CC(C)(C)c1ccc(-n2c(-c3cc(C(C)(C)C)cc(C(C)(C)C)c3O)nc3c(-c4cccc(-c5cc6c(cn5)oc5cc7ccccc7cc56)c4)cccc32)c(-c2ccccc2)c1. The van der Waals surface area contributed by atoms with Gasteiger partial charge in [0.2, 0.25) is 0 Å². The summed E-state index contributed by atoms with van der Waals surface area (Å²) in [6, 6.07) is 51.6. The summed E-state index contributed by atoms with van der Waals surface area (Å²) in [5.74, 6) is 0.944. The third-order valence-corrected chi connectivity index (χ3v) is 12.6. The molecule has 0 unspecified atom stereocenters. The van der Waals surface area contributed by atoms with Crippen LogP contribution in [0, 0.1) is 0 Å². The highest BCUT2D eigenvalue weighted by Gasteiger charge is 2.30. The zero-order chi connectivity index (χ0) is 44.0. The Bertz CT molecular complexity index is 3400. The summed E-state index contributed by atoms with van der Waals surface area (Å²) < 4.78 is 8.58. The van der Waals surface area contributed by atoms with E-state index in [-0.39, 0.29) is 22.0 Å². The van der Waals surface area contributed by atoms with Gasteiger partial charge >= 0.3 is 0 Å². The van der Waals surface area contributed by atoms with Crippen molar-refractivity contribution in [3.63, 3.8) is 0 Å². The molecule has 0 bridgehead atoms. The van der Waals surface area contributed by atoms with E-state index < -0.39 is 0 Å². The number of rotatable bonds is 5. The highest BCUT2D eigenvalue weighted by molar-refractivity contribution is 6.10. The zero-order valence-corrected chi connectivity index (χ0v) is 37.6. The maximum Gasteiger partial charge on any atom is 0.153 e. The van der Waals surface area contributed by atoms with E-state index in [0.29, 0.717) is 11.4 Å². The molecule has 0 saturated heterocycles. The third kappa shape index (κ3) is 7.06. The molecule has 0 amide bonds. The highest BCUT2D eigenvalue weighted by Crippen LogP contribution is 2.46. The Kier molecular flexibility index (Phi) is 9.27. The number of furan rings is 1. The molecule has 3 aromatic heterocycles. The Morgan fingerprint density at radius 3 is 1.89 bits per heavy atom. The van der Waals surface area contributed by atoms with Crippen molar-refractivity contribution in [1.82, 2.24) is 14.5 Å². The van der Waals surface area contributed by atoms with Gasteiger partial charge in [-0.3, -0.25) is 9.55 Å². The molecule has 0 fully saturated rings. The molecule has 0 atom stereocenters. The van der Waals surface area contributed by atoms with Gasteiger partial charge in [-0.15, -0.1) is 0 Å². The number of hydrogen-bond donors (Lipinski definition) is 1. The first-order chi connectivity index (χ1) is 30.0. The summed E-state index contributed by atoms with van der Waals surface area (Å²) >= 11 is 0. The average Bonchev–Trinajstić information content (AvgIpc) is 3.82. The second kappa shape index (κ2) is 14.6. The van der Waals surface area contributed by atoms with Gasteiger partial charge in [-0.25, -0.2) is 4.98 Å². The Balaban J connectivity index is 1.22. The Hall–Kier alpha value is -6.98. The Labute approximate surface area is 369 Å². The maximum atomic E-state index is 12.5. The number of fused-ring (bicyclic) bond motifs is 5. The van der Waals surface area contributed by atoms with E-state index in [9.17, 15) is 5.11 Å². The van der Waals surface area contributed by atoms with Crippen molar-refractivity contribution >= 4 is 43.7 Å². The monoisotopic (exact) mass is 823 g/mol. The van der Waals surface area contributed by atoms with E-state index in [4.69, 9.17) is 14.4 Å². The molecule has 0 aliphatic rings. The molecule has 0 spiro atoms. The van der Waals surface area contributed by atoms with Crippen molar-refractivity contribution in [2.75, 3.05) is 0 Å². The summed E-state index contributed by atoms with van der Waals surface area (Å²) in [5.41, 5.74) is 13.9. The number of pyridine rings is 1. The van der Waals surface area contributed by atoms with Crippen LogP contribution in [0.25, 0.3) is 94.3 Å². The van der Waals surface area contributed by atoms with Crippen LogP contribution in [0.4, 0.5) is 0 Å². The molecular formula is C58H53N3O2. The predicted octanol–water partition coefficient (Wildman–Crippen LogP) is 15.7. The van der Waals surface area contributed by atoms with Crippen LogP contribution < -0.4 is 0 Å². The van der Waals surface area contributed by atoms with Crippen molar-refractivity contribution < 1.29 is 9.52 Å². The largest absolute Gasteiger partial charge is 0.507 e. The molecule has 5 nitrogen and oxygen atoms in total. The molecule has 0 aliphatic heterocycles. The number of nitrogens with zero attached hydrogens (tertiary/aromatic N) is 3. The van der Waals surface area contributed by atoms with Gasteiger partial charge in [0.15, 0.2) is 5.58 Å². The van der Waals surface area contributed by atoms with E-state index in [1.165, 1.54) is 10.9 Å². The summed E-state index contributed by atoms with van der Waals surface area (Å²) in [5, 5.41) is 16.9. The smallest absolute Gasteiger partial charge is 0.153 e. The number of phenols is 1. The number of hydrogen-bond acceptors (Lipinski definition) is 4. The van der Waals surface area contributed by atoms with Gasteiger partial charge in [0.1, 0.15) is 17.2 Å². The minimum Gasteiger partial charge on any atom is -0.507 e. The Morgan fingerprint density at radius 1 is 0.508 bits per heavy atom. The average molecular weight is 824 g/mol. The number of imidazole rings is 1. The lowest BCUT2D eigenvalue weighted by molar-refractivity contribution is 0.446. The maximum absolute atomic E-state index is 12.5. The molecule has 312 valence electrons. The zero-order valence-electron chi connectivity index (χ0n) is 37.6. The molecule has 5 heteroatoms. The van der Waals surface area contributed by atoms with Gasteiger partial charge in [-0.2, -0.15) is 0 Å². The van der Waals surface area contributed by atoms with E-state index in [0.717, 1.165) is 88.7 Å². The first kappa shape index (κ1) is 40.1. The van der Waals surface area contributed by atoms with Gasteiger partial charge in [-0.05, 0) is 97.8 Å². The van der Waals surface area contributed by atoms with Crippen molar-refractivity contribution in [2.24, 2.45) is 0 Å². The number of aromatic nitrogens is 3. The lowest BCUT2D eigenvalue weighted by atomic mass is 9.79. The third-order valence-electron chi connectivity index (χ3n) is 12.6. The van der Waals surface area contributed by atoms with Gasteiger partial charge in [0.05, 0.1) is 34.2 Å². The number of benzene rings is 7. The van der Waals surface area contributed by atoms with Gasteiger partial charge in [-0.1, -0.05) is 159 Å². The standard InChI is InChI=1S/C58H53N3O2/c1-56(2,3)40-25-26-49(43(30-40)35-17-11-10-12-18-35)61-50-24-16-23-42(53(50)60-55(61)46-31-41(57(4,5)6)32-47(54(46)62)58(7,8)9)38-21-15-22-39(27-38)48-33-45-44-28-36-19-13-14-20-37(36)29-51(44)63-52(45)34-59-48/h10-34,62H,1-9H3. The fourth-order valence-electron chi connectivity index (χ4n) is 8.98. The molecule has 1 N–H and O–H groups in total. The molecule has 63 heavy (non-hydrogen) atoms. The fourth-order valence-corrected chi connectivity index (χ4v) is 8.98.